The molecule has 6 nitrogen and oxygen atoms in total. The number of aliphatic hydroxyl groups is 1. The van der Waals surface area contributed by atoms with Gasteiger partial charge in [0.05, 0.1) is 11.8 Å². The van der Waals surface area contributed by atoms with Crippen LogP contribution in [0.4, 0.5) is 0 Å². The Balaban J connectivity index is 1.40. The van der Waals surface area contributed by atoms with E-state index in [2.05, 4.69) is 10.1 Å². The summed E-state index contributed by atoms with van der Waals surface area (Å²) < 4.78 is 1.76. The van der Waals surface area contributed by atoms with Crippen LogP contribution in [0.1, 0.15) is 40.3 Å². The summed E-state index contributed by atoms with van der Waals surface area (Å²) in [6.45, 7) is 5.16. The third-order valence-corrected chi connectivity index (χ3v) is 5.61. The molecular weight excluding hydrogens is 352 g/mol. The van der Waals surface area contributed by atoms with Gasteiger partial charge in [0.25, 0.3) is 5.91 Å². The predicted octanol–water partition coefficient (Wildman–Crippen LogP) is 2.80. The molecule has 1 fully saturated rings. The van der Waals surface area contributed by atoms with E-state index in [1.54, 1.807) is 10.6 Å². The molecule has 4 rings (SSSR count). The van der Waals surface area contributed by atoms with Crippen molar-refractivity contribution >= 4 is 11.6 Å². The van der Waals surface area contributed by atoms with Crippen molar-refractivity contribution in [1.29, 1.82) is 0 Å². The molecule has 1 aliphatic rings. The number of likely N-dealkylation sites (tertiary alicyclic amines) is 1. The minimum Gasteiger partial charge on any atom is -0.392 e. The van der Waals surface area contributed by atoms with E-state index in [9.17, 15) is 9.90 Å². The molecule has 0 bridgehead atoms. The molecule has 28 heavy (non-hydrogen) atoms. The van der Waals surface area contributed by atoms with Crippen molar-refractivity contribution in [1.82, 2.24) is 19.5 Å². The summed E-state index contributed by atoms with van der Waals surface area (Å²) in [6, 6.07) is 13.8. The molecule has 1 saturated heterocycles. The Hall–Kier alpha value is -2.73. The standard InChI is InChI=1S/C22H26N4O2/c1-15-12-21-23-19(13-16(2)26(21)24-15)22(28)25-10-8-18(9-11-25)20(27)14-17-6-4-3-5-7-17/h3-7,12-13,18,20,27H,8-11,14H2,1-2H3. The summed E-state index contributed by atoms with van der Waals surface area (Å²) in [4.78, 5) is 19.3. The average Bonchev–Trinajstić information content (AvgIpc) is 3.09. The van der Waals surface area contributed by atoms with Crippen molar-refractivity contribution in [2.24, 2.45) is 5.92 Å². The van der Waals surface area contributed by atoms with E-state index in [1.807, 2.05) is 55.1 Å². The molecule has 3 aromatic rings. The summed E-state index contributed by atoms with van der Waals surface area (Å²) >= 11 is 0. The number of nitrogens with zero attached hydrogens (tertiary/aromatic N) is 4. The third kappa shape index (κ3) is 3.78. The van der Waals surface area contributed by atoms with Gasteiger partial charge in [0, 0.05) is 24.8 Å². The van der Waals surface area contributed by atoms with E-state index >= 15 is 0 Å². The SMILES string of the molecule is Cc1cc2nc(C(=O)N3CCC(C(O)Cc4ccccc4)CC3)cc(C)n2n1. The zero-order valence-electron chi connectivity index (χ0n) is 16.4. The van der Waals surface area contributed by atoms with Crippen LogP contribution in [0.25, 0.3) is 5.65 Å². The molecule has 3 heterocycles. The maximum absolute atomic E-state index is 12.9. The highest BCUT2D eigenvalue weighted by molar-refractivity contribution is 5.93. The van der Waals surface area contributed by atoms with Crippen LogP contribution in [-0.4, -0.2) is 49.7 Å². The molecule has 2 aromatic heterocycles. The number of carbonyl (C=O) groups excluding carboxylic acids is 1. The number of aryl methyl sites for hydroxylation is 2. The fourth-order valence-electron chi connectivity index (χ4n) is 4.02. The Kier molecular flexibility index (Phi) is 5.13. The topological polar surface area (TPSA) is 70.7 Å². The molecule has 1 aromatic carbocycles. The van der Waals surface area contributed by atoms with Crippen molar-refractivity contribution in [2.45, 2.75) is 39.2 Å². The lowest BCUT2D eigenvalue weighted by atomic mass is 9.88. The fourth-order valence-corrected chi connectivity index (χ4v) is 4.02. The lowest BCUT2D eigenvalue weighted by molar-refractivity contribution is 0.0464. The quantitative estimate of drug-likeness (QED) is 0.758. The summed E-state index contributed by atoms with van der Waals surface area (Å²) in [7, 11) is 0. The van der Waals surface area contributed by atoms with Gasteiger partial charge in [-0.3, -0.25) is 4.79 Å². The molecule has 1 amide bonds. The van der Waals surface area contributed by atoms with E-state index < -0.39 is 0 Å². The highest BCUT2D eigenvalue weighted by Crippen LogP contribution is 2.24. The molecule has 1 aliphatic heterocycles. The van der Waals surface area contributed by atoms with Gasteiger partial charge in [0.2, 0.25) is 0 Å². The first-order valence-corrected chi connectivity index (χ1v) is 9.86. The molecule has 1 atom stereocenters. The van der Waals surface area contributed by atoms with E-state index in [1.165, 1.54) is 0 Å². The Morgan fingerprint density at radius 2 is 1.89 bits per heavy atom. The number of hydrogen-bond acceptors (Lipinski definition) is 4. The number of aromatic nitrogens is 3. The zero-order valence-corrected chi connectivity index (χ0v) is 16.4. The molecule has 0 aliphatic carbocycles. The molecule has 1 unspecified atom stereocenters. The van der Waals surface area contributed by atoms with Gasteiger partial charge in [-0.05, 0) is 50.7 Å². The van der Waals surface area contributed by atoms with Crippen LogP contribution in [0, 0.1) is 19.8 Å². The number of benzene rings is 1. The second kappa shape index (κ2) is 7.72. The molecule has 0 saturated carbocycles. The second-order valence-electron chi connectivity index (χ2n) is 7.73. The van der Waals surface area contributed by atoms with E-state index in [0.29, 0.717) is 30.9 Å². The van der Waals surface area contributed by atoms with Gasteiger partial charge in [-0.2, -0.15) is 5.10 Å². The zero-order chi connectivity index (χ0) is 19.7. The van der Waals surface area contributed by atoms with Gasteiger partial charge in [0.15, 0.2) is 5.65 Å². The Morgan fingerprint density at radius 1 is 1.18 bits per heavy atom. The summed E-state index contributed by atoms with van der Waals surface area (Å²) in [5.41, 5.74) is 4.10. The first-order valence-electron chi connectivity index (χ1n) is 9.86. The van der Waals surface area contributed by atoms with Crippen molar-refractivity contribution in [3.05, 3.63) is 65.1 Å². The van der Waals surface area contributed by atoms with Crippen LogP contribution >= 0.6 is 0 Å². The fraction of sp³-hybridized carbons (Fsp3) is 0.409. The number of piperidine rings is 1. The van der Waals surface area contributed by atoms with Crippen LogP contribution in [-0.2, 0) is 6.42 Å². The highest BCUT2D eigenvalue weighted by atomic mass is 16.3. The molecule has 1 N–H and O–H groups in total. The number of carbonyl (C=O) groups is 1. The van der Waals surface area contributed by atoms with Crippen LogP contribution < -0.4 is 0 Å². The van der Waals surface area contributed by atoms with Crippen LogP contribution in [0.5, 0.6) is 0 Å². The number of amides is 1. The van der Waals surface area contributed by atoms with E-state index in [0.717, 1.165) is 29.8 Å². The van der Waals surface area contributed by atoms with Crippen molar-refractivity contribution in [2.75, 3.05) is 13.1 Å². The number of hydrogen-bond donors (Lipinski definition) is 1. The van der Waals surface area contributed by atoms with Crippen LogP contribution in [0.2, 0.25) is 0 Å². The lowest BCUT2D eigenvalue weighted by Gasteiger charge is -2.34. The summed E-state index contributed by atoms with van der Waals surface area (Å²) in [5, 5.41) is 15.0. The van der Waals surface area contributed by atoms with Crippen molar-refractivity contribution < 1.29 is 9.90 Å². The Morgan fingerprint density at radius 3 is 2.61 bits per heavy atom. The van der Waals surface area contributed by atoms with Gasteiger partial charge in [-0.1, -0.05) is 30.3 Å². The molecule has 146 valence electrons. The monoisotopic (exact) mass is 378 g/mol. The maximum Gasteiger partial charge on any atom is 0.272 e. The van der Waals surface area contributed by atoms with E-state index in [4.69, 9.17) is 0 Å². The van der Waals surface area contributed by atoms with E-state index in [-0.39, 0.29) is 17.9 Å². The first-order chi connectivity index (χ1) is 13.5. The molecule has 0 spiro atoms. The highest BCUT2D eigenvalue weighted by Gasteiger charge is 2.28. The second-order valence-corrected chi connectivity index (χ2v) is 7.73. The van der Waals surface area contributed by atoms with Crippen molar-refractivity contribution in [3.8, 4) is 0 Å². The Bertz CT molecular complexity index is 975. The summed E-state index contributed by atoms with van der Waals surface area (Å²) in [5.74, 6) is 0.180. The first kappa shape index (κ1) is 18.6. The molecule has 6 heteroatoms. The molecule has 0 radical (unpaired) electrons. The largest absolute Gasteiger partial charge is 0.392 e. The van der Waals surface area contributed by atoms with Crippen LogP contribution in [0.3, 0.4) is 0 Å². The smallest absolute Gasteiger partial charge is 0.272 e. The number of aliphatic hydroxyl groups excluding tert-OH is 1. The van der Waals surface area contributed by atoms with Gasteiger partial charge in [-0.15, -0.1) is 0 Å². The normalized spacial score (nSPS) is 16.5. The van der Waals surface area contributed by atoms with Gasteiger partial charge in [0.1, 0.15) is 5.69 Å². The van der Waals surface area contributed by atoms with Gasteiger partial charge >= 0.3 is 0 Å². The minimum absolute atomic E-state index is 0.0412. The number of rotatable bonds is 4. The maximum atomic E-state index is 12.9. The van der Waals surface area contributed by atoms with Gasteiger partial charge < -0.3 is 10.0 Å². The minimum atomic E-state index is -0.369. The van der Waals surface area contributed by atoms with Crippen molar-refractivity contribution in [3.63, 3.8) is 0 Å². The third-order valence-electron chi connectivity index (χ3n) is 5.61. The predicted molar refractivity (Wildman–Crippen MR) is 107 cm³/mol. The Labute approximate surface area is 164 Å². The van der Waals surface area contributed by atoms with Gasteiger partial charge in [-0.25, -0.2) is 9.50 Å². The van der Waals surface area contributed by atoms with Crippen LogP contribution in [0.15, 0.2) is 42.5 Å². The average molecular weight is 378 g/mol. The summed E-state index contributed by atoms with van der Waals surface area (Å²) in [6.07, 6.45) is 1.92. The number of fused-ring (bicyclic) bond motifs is 1. The molecular formula is C22H26N4O2. The lowest BCUT2D eigenvalue weighted by Crippen LogP contribution is -2.42.